The lowest BCUT2D eigenvalue weighted by Crippen LogP contribution is -2.36. The van der Waals surface area contributed by atoms with Crippen LogP contribution in [0.1, 0.15) is 33.9 Å². The molecule has 10 heteroatoms. The van der Waals surface area contributed by atoms with Gasteiger partial charge in [0, 0.05) is 26.2 Å². The average Bonchev–Trinajstić information content (AvgIpc) is 3.05. The van der Waals surface area contributed by atoms with Crippen LogP contribution >= 0.6 is 0 Å². The molecule has 2 aromatic rings. The molecule has 0 bridgehead atoms. The maximum absolute atomic E-state index is 14.2. The first-order valence-corrected chi connectivity index (χ1v) is 9.70. The number of nitrogens with zero attached hydrogens (tertiary/aromatic N) is 2. The maximum Gasteiger partial charge on any atom is 0.419 e. The van der Waals surface area contributed by atoms with E-state index >= 15 is 0 Å². The molecule has 0 N–H and O–H groups in total. The third-order valence-electron chi connectivity index (χ3n) is 5.09. The Balaban J connectivity index is 1.59. The van der Waals surface area contributed by atoms with Gasteiger partial charge in [-0.05, 0) is 30.2 Å². The molecule has 0 atom stereocenters. The fourth-order valence-corrected chi connectivity index (χ4v) is 3.48. The highest BCUT2D eigenvalue weighted by Gasteiger charge is 2.35. The van der Waals surface area contributed by atoms with Crippen molar-refractivity contribution in [2.45, 2.75) is 25.6 Å². The van der Waals surface area contributed by atoms with Crippen molar-refractivity contribution in [3.8, 4) is 0 Å². The van der Waals surface area contributed by atoms with Gasteiger partial charge in [0.2, 0.25) is 11.7 Å². The number of alkyl halides is 3. The first-order chi connectivity index (χ1) is 14.7. The van der Waals surface area contributed by atoms with Gasteiger partial charge in [0.1, 0.15) is 11.6 Å². The topological polar surface area (TPSA) is 63.0 Å². The fourth-order valence-electron chi connectivity index (χ4n) is 3.48. The summed E-state index contributed by atoms with van der Waals surface area (Å²) in [6.45, 7) is 2.37. The minimum atomic E-state index is -4.81. The van der Waals surface area contributed by atoms with E-state index in [0.29, 0.717) is 51.0 Å². The first-order valence-electron chi connectivity index (χ1n) is 9.70. The van der Waals surface area contributed by atoms with E-state index in [-0.39, 0.29) is 11.3 Å². The van der Waals surface area contributed by atoms with E-state index in [1.807, 2.05) is 4.90 Å². The first kappa shape index (κ1) is 22.8. The molecule has 0 radical (unpaired) electrons. The summed E-state index contributed by atoms with van der Waals surface area (Å²) in [4.78, 5) is 27.6. The predicted molar refractivity (Wildman–Crippen MR) is 102 cm³/mol. The molecule has 6 nitrogen and oxygen atoms in total. The van der Waals surface area contributed by atoms with Crippen LogP contribution in [0.3, 0.4) is 0 Å². The van der Waals surface area contributed by atoms with Crippen molar-refractivity contribution in [2.75, 3.05) is 33.3 Å². The predicted octanol–water partition coefficient (Wildman–Crippen LogP) is 3.50. The number of amides is 1. The van der Waals surface area contributed by atoms with E-state index < -0.39 is 35.9 Å². The molecule has 1 amide bonds. The standard InChI is InChI=1S/C21H22F4N2O4/c1-30-20(29)17-7-6-15(31-17)13-26-8-3-9-27(11-10-26)18(28)12-14-4-2-5-16(19(14)22)21(23,24)25/h2,4-7H,3,8-13H2,1H3. The third kappa shape index (κ3) is 5.63. The fraction of sp³-hybridized carbons (Fsp3) is 0.429. The van der Waals surface area contributed by atoms with E-state index in [2.05, 4.69) is 4.74 Å². The minimum absolute atomic E-state index is 0.104. The van der Waals surface area contributed by atoms with E-state index in [4.69, 9.17) is 4.42 Å². The molecular formula is C21H22F4N2O4. The molecule has 0 spiro atoms. The molecule has 0 aliphatic carbocycles. The van der Waals surface area contributed by atoms with Crippen LogP contribution in [0.5, 0.6) is 0 Å². The van der Waals surface area contributed by atoms with Gasteiger partial charge >= 0.3 is 12.1 Å². The van der Waals surface area contributed by atoms with Crippen LogP contribution in [-0.4, -0.2) is 55.0 Å². The zero-order valence-corrected chi connectivity index (χ0v) is 16.9. The largest absolute Gasteiger partial charge is 0.463 e. The Kier molecular flexibility index (Phi) is 6.99. The number of halogens is 4. The van der Waals surface area contributed by atoms with E-state index in [0.717, 1.165) is 6.07 Å². The summed E-state index contributed by atoms with van der Waals surface area (Å²) in [6, 6.07) is 6.16. The number of furan rings is 1. The van der Waals surface area contributed by atoms with Gasteiger partial charge in [0.15, 0.2) is 0 Å². The van der Waals surface area contributed by atoms with Gasteiger partial charge in [-0.1, -0.05) is 12.1 Å². The molecule has 168 valence electrons. The smallest absolute Gasteiger partial charge is 0.419 e. The Bertz CT molecular complexity index is 942. The van der Waals surface area contributed by atoms with Gasteiger partial charge < -0.3 is 14.1 Å². The molecule has 31 heavy (non-hydrogen) atoms. The quantitative estimate of drug-likeness (QED) is 0.524. The van der Waals surface area contributed by atoms with Gasteiger partial charge in [0.25, 0.3) is 0 Å². The molecule has 1 aliphatic rings. The third-order valence-corrected chi connectivity index (χ3v) is 5.09. The van der Waals surface area contributed by atoms with Crippen molar-refractivity contribution < 1.29 is 36.3 Å². The summed E-state index contributed by atoms with van der Waals surface area (Å²) in [7, 11) is 1.26. The average molecular weight is 442 g/mol. The van der Waals surface area contributed by atoms with Crippen molar-refractivity contribution >= 4 is 11.9 Å². The summed E-state index contributed by atoms with van der Waals surface area (Å²) in [6.07, 6.45) is -4.61. The Morgan fingerprint density at radius 3 is 2.58 bits per heavy atom. The van der Waals surface area contributed by atoms with Crippen molar-refractivity contribution in [3.63, 3.8) is 0 Å². The Hall–Kier alpha value is -2.88. The summed E-state index contributed by atoms with van der Waals surface area (Å²) in [5.74, 6) is -1.72. The molecule has 0 saturated carbocycles. The molecule has 1 aromatic heterocycles. The SMILES string of the molecule is COC(=O)c1ccc(CN2CCCN(C(=O)Cc3cccc(C(F)(F)F)c3F)CC2)o1. The number of benzene rings is 1. The lowest BCUT2D eigenvalue weighted by atomic mass is 10.1. The monoisotopic (exact) mass is 442 g/mol. The number of ether oxygens (including phenoxy) is 1. The summed E-state index contributed by atoms with van der Waals surface area (Å²) in [5.41, 5.74) is -1.64. The Morgan fingerprint density at radius 1 is 1.10 bits per heavy atom. The molecule has 2 heterocycles. The summed E-state index contributed by atoms with van der Waals surface area (Å²) < 4.78 is 62.9. The van der Waals surface area contributed by atoms with Gasteiger partial charge in [-0.3, -0.25) is 9.69 Å². The van der Waals surface area contributed by atoms with Crippen LogP contribution in [0.25, 0.3) is 0 Å². The van der Waals surface area contributed by atoms with Gasteiger partial charge in [0.05, 0.1) is 25.6 Å². The summed E-state index contributed by atoms with van der Waals surface area (Å²) in [5, 5.41) is 0. The van der Waals surface area contributed by atoms with Crippen LogP contribution in [0.4, 0.5) is 17.6 Å². The van der Waals surface area contributed by atoms with Crippen LogP contribution in [-0.2, 0) is 28.7 Å². The highest BCUT2D eigenvalue weighted by molar-refractivity contribution is 5.86. The molecule has 3 rings (SSSR count). The van der Waals surface area contributed by atoms with Crippen LogP contribution in [0.15, 0.2) is 34.7 Å². The van der Waals surface area contributed by atoms with E-state index in [1.54, 1.807) is 6.07 Å². The molecule has 1 aliphatic heterocycles. The van der Waals surface area contributed by atoms with Crippen LogP contribution in [0, 0.1) is 5.82 Å². The molecule has 1 saturated heterocycles. The number of hydrogen-bond acceptors (Lipinski definition) is 5. The number of methoxy groups -OCH3 is 1. The molecular weight excluding hydrogens is 420 g/mol. The number of hydrogen-bond donors (Lipinski definition) is 0. The lowest BCUT2D eigenvalue weighted by Gasteiger charge is -2.22. The zero-order valence-electron chi connectivity index (χ0n) is 16.9. The van der Waals surface area contributed by atoms with Crippen LogP contribution < -0.4 is 0 Å². The second-order valence-corrected chi connectivity index (χ2v) is 7.22. The number of carbonyl (C=O) groups excluding carboxylic acids is 2. The number of rotatable bonds is 5. The van der Waals surface area contributed by atoms with Crippen molar-refractivity contribution in [3.05, 3.63) is 58.8 Å². The Morgan fingerprint density at radius 2 is 1.87 bits per heavy atom. The molecule has 1 aromatic carbocycles. The van der Waals surface area contributed by atoms with E-state index in [1.165, 1.54) is 24.1 Å². The molecule has 1 fully saturated rings. The van der Waals surface area contributed by atoms with Crippen molar-refractivity contribution in [1.29, 1.82) is 0 Å². The summed E-state index contributed by atoms with van der Waals surface area (Å²) >= 11 is 0. The number of esters is 1. The van der Waals surface area contributed by atoms with E-state index in [9.17, 15) is 27.2 Å². The second-order valence-electron chi connectivity index (χ2n) is 7.22. The highest BCUT2D eigenvalue weighted by atomic mass is 19.4. The highest BCUT2D eigenvalue weighted by Crippen LogP contribution is 2.32. The maximum atomic E-state index is 14.2. The lowest BCUT2D eigenvalue weighted by molar-refractivity contribution is -0.140. The van der Waals surface area contributed by atoms with Gasteiger partial charge in [-0.2, -0.15) is 13.2 Å². The van der Waals surface area contributed by atoms with Crippen LogP contribution in [0.2, 0.25) is 0 Å². The molecule has 0 unspecified atom stereocenters. The zero-order chi connectivity index (χ0) is 22.6. The van der Waals surface area contributed by atoms with Gasteiger partial charge in [-0.25, -0.2) is 9.18 Å². The van der Waals surface area contributed by atoms with Crippen molar-refractivity contribution in [2.24, 2.45) is 0 Å². The normalized spacial score (nSPS) is 15.6. The van der Waals surface area contributed by atoms with Crippen molar-refractivity contribution in [1.82, 2.24) is 9.80 Å². The van der Waals surface area contributed by atoms with Gasteiger partial charge in [-0.15, -0.1) is 0 Å². The Labute approximate surface area is 176 Å². The second kappa shape index (κ2) is 9.51. The number of carbonyl (C=O) groups is 2. The minimum Gasteiger partial charge on any atom is -0.463 e.